The fraction of sp³-hybridized carbons (Fsp3) is 0.429. The van der Waals surface area contributed by atoms with Crippen LogP contribution < -0.4 is 10.6 Å². The molecule has 0 spiro atoms. The molecule has 1 unspecified atom stereocenters. The molecule has 0 bridgehead atoms. The summed E-state index contributed by atoms with van der Waals surface area (Å²) in [6.07, 6.45) is 0. The number of ether oxygens (including phenoxy) is 1. The van der Waals surface area contributed by atoms with Gasteiger partial charge in [-0.05, 0) is 17.7 Å². The van der Waals surface area contributed by atoms with Crippen molar-refractivity contribution in [1.29, 1.82) is 0 Å². The quantitative estimate of drug-likeness (QED) is 0.494. The monoisotopic (exact) mass is 297 g/mol. The zero-order valence-corrected chi connectivity index (χ0v) is 12.7. The molecule has 0 saturated carbocycles. The number of hydrogen-bond donors (Lipinski definition) is 2. The maximum atomic E-state index is 11.3. The lowest BCUT2D eigenvalue weighted by Crippen LogP contribution is -2.40. The van der Waals surface area contributed by atoms with Crippen molar-refractivity contribution in [3.63, 3.8) is 0 Å². The first-order valence-electron chi connectivity index (χ1n) is 6.33. The Morgan fingerprint density at radius 3 is 2.55 bits per heavy atom. The zero-order valence-electron chi connectivity index (χ0n) is 11.9. The fourth-order valence-electron chi connectivity index (χ4n) is 1.54. The lowest BCUT2D eigenvalue weighted by molar-refractivity contribution is -0.144. The van der Waals surface area contributed by atoms with Gasteiger partial charge in [0.05, 0.1) is 13.0 Å². The number of esters is 1. The van der Waals surface area contributed by atoms with Crippen molar-refractivity contribution < 1.29 is 9.53 Å². The van der Waals surface area contributed by atoms with Gasteiger partial charge in [-0.2, -0.15) is 0 Å². The van der Waals surface area contributed by atoms with Gasteiger partial charge in [0.15, 0.2) is 5.96 Å². The van der Waals surface area contributed by atoms with E-state index < -0.39 is 0 Å². The van der Waals surface area contributed by atoms with Crippen molar-refractivity contribution in [3.8, 4) is 0 Å². The molecular weight excluding hydrogens is 278 g/mol. The molecule has 6 heteroatoms. The second-order valence-corrected chi connectivity index (χ2v) is 4.79. The van der Waals surface area contributed by atoms with Crippen LogP contribution in [0.3, 0.4) is 0 Å². The lowest BCUT2D eigenvalue weighted by atomic mass is 10.2. The van der Waals surface area contributed by atoms with Gasteiger partial charge >= 0.3 is 5.97 Å². The van der Waals surface area contributed by atoms with E-state index in [2.05, 4.69) is 20.4 Å². The van der Waals surface area contributed by atoms with Crippen molar-refractivity contribution in [1.82, 2.24) is 10.6 Å². The van der Waals surface area contributed by atoms with Crippen LogP contribution in [-0.4, -0.2) is 32.6 Å². The van der Waals surface area contributed by atoms with E-state index in [0.29, 0.717) is 24.1 Å². The summed E-state index contributed by atoms with van der Waals surface area (Å²) in [6.45, 7) is 2.89. The first-order chi connectivity index (χ1) is 9.56. The first-order valence-corrected chi connectivity index (χ1v) is 6.71. The highest BCUT2D eigenvalue weighted by molar-refractivity contribution is 6.30. The Morgan fingerprint density at radius 2 is 2.00 bits per heavy atom. The van der Waals surface area contributed by atoms with Crippen molar-refractivity contribution in [2.45, 2.75) is 13.5 Å². The van der Waals surface area contributed by atoms with Gasteiger partial charge in [0.1, 0.15) is 0 Å². The maximum absolute atomic E-state index is 11.3. The van der Waals surface area contributed by atoms with E-state index in [1.807, 2.05) is 24.3 Å². The molecule has 0 radical (unpaired) electrons. The lowest BCUT2D eigenvalue weighted by Gasteiger charge is -2.14. The number of carbonyl (C=O) groups excluding carboxylic acids is 1. The van der Waals surface area contributed by atoms with Crippen LogP contribution in [0, 0.1) is 5.92 Å². The average Bonchev–Trinajstić information content (AvgIpc) is 2.48. The number of aliphatic imine (C=N–C) groups is 1. The summed E-state index contributed by atoms with van der Waals surface area (Å²) in [5, 5.41) is 6.95. The van der Waals surface area contributed by atoms with E-state index in [0.717, 1.165) is 5.56 Å². The Labute approximate surface area is 124 Å². The second kappa shape index (κ2) is 8.43. The molecule has 1 atom stereocenters. The van der Waals surface area contributed by atoms with Gasteiger partial charge in [-0.3, -0.25) is 9.79 Å². The van der Waals surface area contributed by atoms with Crippen LogP contribution in [0.2, 0.25) is 5.02 Å². The third-order valence-corrected chi connectivity index (χ3v) is 3.03. The molecule has 1 aromatic carbocycles. The van der Waals surface area contributed by atoms with E-state index in [9.17, 15) is 4.79 Å². The van der Waals surface area contributed by atoms with E-state index in [-0.39, 0.29) is 11.9 Å². The van der Waals surface area contributed by atoms with Crippen LogP contribution >= 0.6 is 11.6 Å². The minimum atomic E-state index is -0.245. The fourth-order valence-corrected chi connectivity index (χ4v) is 1.67. The average molecular weight is 298 g/mol. The van der Waals surface area contributed by atoms with Crippen molar-refractivity contribution >= 4 is 23.5 Å². The van der Waals surface area contributed by atoms with E-state index in [4.69, 9.17) is 11.6 Å². The van der Waals surface area contributed by atoms with Crippen LogP contribution in [0.4, 0.5) is 0 Å². The molecule has 0 amide bonds. The largest absolute Gasteiger partial charge is 0.469 e. The van der Waals surface area contributed by atoms with Gasteiger partial charge < -0.3 is 15.4 Å². The Morgan fingerprint density at radius 1 is 1.35 bits per heavy atom. The maximum Gasteiger partial charge on any atom is 0.310 e. The highest BCUT2D eigenvalue weighted by Gasteiger charge is 2.13. The number of nitrogens with zero attached hydrogens (tertiary/aromatic N) is 1. The molecule has 2 N–H and O–H groups in total. The third kappa shape index (κ3) is 5.48. The van der Waals surface area contributed by atoms with Crippen LogP contribution in [-0.2, 0) is 16.1 Å². The number of guanidine groups is 1. The van der Waals surface area contributed by atoms with Crippen molar-refractivity contribution in [3.05, 3.63) is 34.9 Å². The standard InChI is InChI=1S/C14H20ClN3O2/c1-10(13(19)20-3)8-17-14(16-2)18-9-11-4-6-12(15)7-5-11/h4-7,10H,8-9H2,1-3H3,(H2,16,17,18). The van der Waals surface area contributed by atoms with E-state index in [1.54, 1.807) is 14.0 Å². The predicted octanol–water partition coefficient (Wildman–Crippen LogP) is 1.81. The summed E-state index contributed by atoms with van der Waals surface area (Å²) in [6, 6.07) is 7.57. The van der Waals surface area contributed by atoms with Crippen molar-refractivity contribution in [2.24, 2.45) is 10.9 Å². The number of rotatable bonds is 5. The summed E-state index contributed by atoms with van der Waals surface area (Å²) in [4.78, 5) is 15.4. The molecule has 0 aromatic heterocycles. The molecule has 0 aliphatic carbocycles. The molecule has 0 saturated heterocycles. The van der Waals surface area contributed by atoms with Gasteiger partial charge in [0.2, 0.25) is 0 Å². The predicted molar refractivity (Wildman–Crippen MR) is 80.8 cm³/mol. The normalized spacial score (nSPS) is 12.7. The number of benzene rings is 1. The number of carbonyl (C=O) groups is 1. The third-order valence-electron chi connectivity index (χ3n) is 2.78. The number of halogens is 1. The topological polar surface area (TPSA) is 62.7 Å². The molecule has 1 aromatic rings. The summed E-state index contributed by atoms with van der Waals surface area (Å²) in [5.41, 5.74) is 1.10. The van der Waals surface area contributed by atoms with Crippen LogP contribution in [0.15, 0.2) is 29.3 Å². The van der Waals surface area contributed by atoms with E-state index in [1.165, 1.54) is 7.11 Å². The summed E-state index contributed by atoms with van der Waals surface area (Å²) in [7, 11) is 3.06. The molecule has 0 fully saturated rings. The van der Waals surface area contributed by atoms with Gasteiger partial charge in [-0.1, -0.05) is 30.7 Å². The molecule has 0 aliphatic rings. The Hall–Kier alpha value is -1.75. The Balaban J connectivity index is 2.40. The van der Waals surface area contributed by atoms with Gasteiger partial charge in [0.25, 0.3) is 0 Å². The summed E-state index contributed by atoms with van der Waals surface area (Å²) >= 11 is 5.83. The minimum Gasteiger partial charge on any atom is -0.469 e. The number of hydrogen-bond acceptors (Lipinski definition) is 3. The molecule has 0 aliphatic heterocycles. The molecule has 110 valence electrons. The smallest absolute Gasteiger partial charge is 0.310 e. The SMILES string of the molecule is CN=C(NCc1ccc(Cl)cc1)NCC(C)C(=O)OC. The van der Waals surface area contributed by atoms with E-state index >= 15 is 0 Å². The van der Waals surface area contributed by atoms with Gasteiger partial charge in [0, 0.05) is 25.2 Å². The minimum absolute atomic E-state index is 0.228. The first kappa shape index (κ1) is 16.3. The second-order valence-electron chi connectivity index (χ2n) is 4.36. The van der Waals surface area contributed by atoms with Crippen molar-refractivity contribution in [2.75, 3.05) is 20.7 Å². The highest BCUT2D eigenvalue weighted by atomic mass is 35.5. The molecule has 20 heavy (non-hydrogen) atoms. The number of nitrogens with one attached hydrogen (secondary N) is 2. The summed E-state index contributed by atoms with van der Waals surface area (Å²) in [5.74, 6) is 0.162. The van der Waals surface area contributed by atoms with Gasteiger partial charge in [-0.15, -0.1) is 0 Å². The van der Waals surface area contributed by atoms with Crippen LogP contribution in [0.5, 0.6) is 0 Å². The van der Waals surface area contributed by atoms with Crippen LogP contribution in [0.1, 0.15) is 12.5 Å². The van der Waals surface area contributed by atoms with Crippen LogP contribution in [0.25, 0.3) is 0 Å². The zero-order chi connectivity index (χ0) is 15.0. The Kier molecular flexibility index (Phi) is 6.87. The highest BCUT2D eigenvalue weighted by Crippen LogP contribution is 2.09. The molecule has 1 rings (SSSR count). The Bertz CT molecular complexity index is 460. The molecule has 5 nitrogen and oxygen atoms in total. The number of methoxy groups -OCH3 is 1. The van der Waals surface area contributed by atoms with Gasteiger partial charge in [-0.25, -0.2) is 0 Å². The molecule has 0 heterocycles. The molecular formula is C14H20ClN3O2. The summed E-state index contributed by atoms with van der Waals surface area (Å²) < 4.78 is 4.67.